The number of benzene rings is 1. The van der Waals surface area contributed by atoms with Gasteiger partial charge in [0.25, 0.3) is 0 Å². The van der Waals surface area contributed by atoms with Gasteiger partial charge in [-0.3, -0.25) is 9.09 Å². The summed E-state index contributed by atoms with van der Waals surface area (Å²) in [5.41, 5.74) is -1.36. The Morgan fingerprint density at radius 2 is 1.78 bits per heavy atom. The van der Waals surface area contributed by atoms with Crippen LogP contribution in [0.3, 0.4) is 0 Å². The summed E-state index contributed by atoms with van der Waals surface area (Å²) in [4.78, 5) is 31.6. The molecule has 11 heteroatoms. The Hall–Kier alpha value is -3.85. The van der Waals surface area contributed by atoms with Gasteiger partial charge in [0.2, 0.25) is 0 Å². The molecule has 9 nitrogen and oxygen atoms in total. The first-order valence-corrected chi connectivity index (χ1v) is 19.6. The highest BCUT2D eigenvalue weighted by Gasteiger charge is 2.69. The van der Waals surface area contributed by atoms with E-state index in [1.165, 1.54) is 0 Å². The Morgan fingerprint density at radius 3 is 2.37 bits per heavy atom. The fourth-order valence-corrected chi connectivity index (χ4v) is 13.2. The van der Waals surface area contributed by atoms with E-state index < -0.39 is 65.6 Å². The fraction of sp³-hybridized carbons (Fsp3) is 0.550. The molecule has 0 saturated heterocycles. The number of hydrogen-bond acceptors (Lipinski definition) is 9. The zero-order valence-corrected chi connectivity index (χ0v) is 32.0. The van der Waals surface area contributed by atoms with Gasteiger partial charge in [0.1, 0.15) is 28.8 Å². The zero-order valence-electron chi connectivity index (χ0n) is 31.0. The van der Waals surface area contributed by atoms with E-state index in [4.69, 9.17) is 18.3 Å². The van der Waals surface area contributed by atoms with Crippen LogP contribution in [0.5, 0.6) is 5.75 Å². The molecule has 3 aromatic rings. The lowest BCUT2D eigenvalue weighted by Gasteiger charge is -2.64. The van der Waals surface area contributed by atoms with Gasteiger partial charge in [0.15, 0.2) is 0 Å². The zero-order chi connectivity index (χ0) is 37.3. The lowest BCUT2D eigenvalue weighted by molar-refractivity contribution is -0.241. The van der Waals surface area contributed by atoms with Gasteiger partial charge in [-0.25, -0.2) is 9.59 Å². The Morgan fingerprint density at radius 1 is 1.12 bits per heavy atom. The van der Waals surface area contributed by atoms with Crippen molar-refractivity contribution in [3.05, 3.63) is 82.0 Å². The summed E-state index contributed by atoms with van der Waals surface area (Å²) in [5.74, 6) is -1.31. The molecule has 4 unspecified atom stereocenters. The van der Waals surface area contributed by atoms with Crippen LogP contribution in [0, 0.1) is 34.5 Å². The number of carbonyl (C=O) groups is 1. The summed E-state index contributed by atoms with van der Waals surface area (Å²) in [6, 6.07) is 13.3. The number of esters is 1. The molecule has 51 heavy (non-hydrogen) atoms. The third-order valence-electron chi connectivity index (χ3n) is 12.1. The number of halogens is 1. The molecule has 1 aromatic carbocycles. The van der Waals surface area contributed by atoms with Crippen molar-refractivity contribution in [1.82, 2.24) is 4.98 Å². The second kappa shape index (κ2) is 12.7. The summed E-state index contributed by atoms with van der Waals surface area (Å²) in [7, 11) is -3.85. The monoisotopic (exact) mass is 716 g/mol. The first kappa shape index (κ1) is 36.9. The number of aliphatic hydroxyl groups excluding tert-OH is 1. The van der Waals surface area contributed by atoms with Crippen LogP contribution in [0.1, 0.15) is 109 Å². The predicted octanol–water partition coefficient (Wildman–Crippen LogP) is 8.45. The second-order valence-electron chi connectivity index (χ2n) is 17.2. The van der Waals surface area contributed by atoms with Gasteiger partial charge in [-0.2, -0.15) is 5.26 Å². The number of hydrogen-bond donors (Lipinski definition) is 1. The van der Waals surface area contributed by atoms with E-state index in [1.54, 1.807) is 54.9 Å². The van der Waals surface area contributed by atoms with Crippen molar-refractivity contribution in [3.63, 3.8) is 0 Å². The highest BCUT2D eigenvalue weighted by Crippen LogP contribution is 2.66. The van der Waals surface area contributed by atoms with Crippen molar-refractivity contribution in [2.45, 2.75) is 116 Å². The van der Waals surface area contributed by atoms with E-state index in [-0.39, 0.29) is 34.5 Å². The summed E-state index contributed by atoms with van der Waals surface area (Å²) >= 11 is 0. The number of rotatable bonds is 5. The molecule has 1 aliphatic heterocycles. The number of nitrogens with zero attached hydrogens (tertiary/aromatic N) is 2. The van der Waals surface area contributed by atoms with Crippen LogP contribution in [0.4, 0.5) is 4.11 Å². The first-order chi connectivity index (χ1) is 23.7. The van der Waals surface area contributed by atoms with Crippen molar-refractivity contribution in [2.24, 2.45) is 23.2 Å². The van der Waals surface area contributed by atoms with Crippen molar-refractivity contribution in [2.75, 3.05) is 0 Å². The van der Waals surface area contributed by atoms with E-state index >= 15 is 4.11 Å². The number of aromatic nitrogens is 1. The first-order valence-electron chi connectivity index (χ1n) is 17.8. The van der Waals surface area contributed by atoms with E-state index in [0.29, 0.717) is 30.4 Å². The van der Waals surface area contributed by atoms with Crippen LogP contribution >= 0.6 is 0 Å². The maximum atomic E-state index is 17.2. The number of carbonyl (C=O) groups excluding carboxylic acids is 1. The fourth-order valence-electron chi connectivity index (χ4n) is 9.54. The Balaban J connectivity index is 1.44. The Labute approximate surface area is 300 Å². The molecule has 2 aliphatic carbocycles. The molecule has 2 aromatic heterocycles. The lowest BCUT2D eigenvalue weighted by atomic mass is 9.46. The van der Waals surface area contributed by atoms with Gasteiger partial charge < -0.3 is 23.4 Å². The van der Waals surface area contributed by atoms with Gasteiger partial charge in [0, 0.05) is 40.0 Å². The average molecular weight is 717 g/mol. The SMILES string of the molecule is C[C@@H]1C2C[C@H](OC(=O)c3ccc(C#N)cc3)[C@@]3(C)Oc4cc(-c5cccnc5)oc(=O)c4C(O)C3C2(C)CC[C@@H]1O[Si](F)(C(C)(C)C)C(C)(C)C. The average Bonchev–Trinajstić information content (AvgIpc) is 3.06. The largest absolute Gasteiger partial charge is 0.482 e. The molecular formula is C40H49FN2O7Si. The molecular weight excluding hydrogens is 668 g/mol. The molecule has 0 amide bonds. The third-order valence-corrected chi connectivity index (χ3v) is 16.5. The number of ether oxygens (including phenoxy) is 2. The molecule has 0 spiro atoms. The molecule has 1 N–H and O–H groups in total. The molecule has 8 atom stereocenters. The van der Waals surface area contributed by atoms with Crippen LogP contribution in [0.2, 0.25) is 10.1 Å². The van der Waals surface area contributed by atoms with E-state index in [9.17, 15) is 20.0 Å². The van der Waals surface area contributed by atoms with Crippen LogP contribution < -0.4 is 10.4 Å². The Bertz CT molecular complexity index is 1880. The molecule has 0 bridgehead atoms. The van der Waals surface area contributed by atoms with Crippen LogP contribution in [-0.4, -0.2) is 42.5 Å². The molecule has 0 radical (unpaired) electrons. The number of pyridine rings is 1. The van der Waals surface area contributed by atoms with Crippen molar-refractivity contribution in [3.8, 4) is 23.1 Å². The van der Waals surface area contributed by atoms with E-state index in [0.717, 1.165) is 0 Å². The Kier molecular flexibility index (Phi) is 9.18. The maximum Gasteiger partial charge on any atom is 0.394 e. The van der Waals surface area contributed by atoms with Crippen molar-refractivity contribution >= 4 is 14.6 Å². The normalized spacial score (nSPS) is 30.5. The molecule has 3 heterocycles. The van der Waals surface area contributed by atoms with E-state index in [2.05, 4.69) is 24.9 Å². The quantitative estimate of drug-likeness (QED) is 0.157. The van der Waals surface area contributed by atoms with Crippen LogP contribution in [-0.2, 0) is 9.16 Å². The smallest absolute Gasteiger partial charge is 0.394 e. The van der Waals surface area contributed by atoms with Gasteiger partial charge in [0.05, 0.1) is 29.4 Å². The van der Waals surface area contributed by atoms with E-state index in [1.807, 2.05) is 48.5 Å². The number of nitriles is 1. The van der Waals surface area contributed by atoms with Crippen LogP contribution in [0.25, 0.3) is 11.3 Å². The standard InChI is InChI=1S/C40H49FN2O7Si/c1-23-27-19-31(48-35(45)25-14-12-24(21-42)13-15-25)40(9)34(39(27,8)17-16-28(23)50-51(41,37(2,3)4)38(5,6)7)33(44)32-30(49-40)20-29(47-36(32)46)26-11-10-18-43-22-26/h10-15,18,20,22-23,27-28,31,33-34,44H,16-17,19H2,1-9H3/t23-,27?,28+,31+,33?,34?,39?,40-/m1/s1. The number of fused-ring (bicyclic) bond motifs is 4. The highest BCUT2D eigenvalue weighted by atomic mass is 28.4. The van der Waals surface area contributed by atoms with Gasteiger partial charge >= 0.3 is 20.2 Å². The maximum absolute atomic E-state index is 17.2. The lowest BCUT2D eigenvalue weighted by Crippen LogP contribution is -2.69. The van der Waals surface area contributed by atoms with Gasteiger partial charge in [-0.15, -0.1) is 0 Å². The molecule has 2 fully saturated rings. The third kappa shape index (κ3) is 6.03. The highest BCUT2D eigenvalue weighted by molar-refractivity contribution is 6.72. The van der Waals surface area contributed by atoms with Crippen molar-refractivity contribution in [1.29, 1.82) is 5.26 Å². The summed E-state index contributed by atoms with van der Waals surface area (Å²) in [6.45, 7) is 17.5. The van der Waals surface area contributed by atoms with Gasteiger partial charge in [-0.1, -0.05) is 55.4 Å². The topological polar surface area (TPSA) is 132 Å². The minimum atomic E-state index is -3.85. The molecule has 6 rings (SSSR count). The minimum absolute atomic E-state index is 0.0193. The van der Waals surface area contributed by atoms with Gasteiger partial charge in [-0.05, 0) is 79.8 Å². The summed E-state index contributed by atoms with van der Waals surface area (Å²) in [5, 5.41) is 20.2. The predicted molar refractivity (Wildman–Crippen MR) is 192 cm³/mol. The minimum Gasteiger partial charge on any atom is -0.482 e. The molecule has 272 valence electrons. The number of aliphatic hydroxyl groups is 1. The molecule has 3 aliphatic rings. The second-order valence-corrected chi connectivity index (χ2v) is 21.6. The van der Waals surface area contributed by atoms with Crippen molar-refractivity contribution < 1.29 is 32.3 Å². The summed E-state index contributed by atoms with van der Waals surface area (Å²) in [6.07, 6.45) is 2.06. The molecule has 2 saturated carbocycles. The summed E-state index contributed by atoms with van der Waals surface area (Å²) < 4.78 is 42.9. The van der Waals surface area contributed by atoms with Crippen LogP contribution in [0.15, 0.2) is 64.1 Å².